The lowest BCUT2D eigenvalue weighted by molar-refractivity contribution is 0.251. The molecule has 146 valence electrons. The Balaban J connectivity index is 1.49. The van der Waals surface area contributed by atoms with Crippen molar-refractivity contribution in [2.45, 2.75) is 6.54 Å². The zero-order valence-electron chi connectivity index (χ0n) is 15.4. The summed E-state index contributed by atoms with van der Waals surface area (Å²) in [6.07, 6.45) is 0. The van der Waals surface area contributed by atoms with Crippen molar-refractivity contribution in [3.63, 3.8) is 0 Å². The molecule has 29 heavy (non-hydrogen) atoms. The fourth-order valence-corrected chi connectivity index (χ4v) is 3.24. The van der Waals surface area contributed by atoms with Crippen molar-refractivity contribution in [1.82, 2.24) is 14.9 Å². The quantitative estimate of drug-likeness (QED) is 0.469. The Morgan fingerprint density at radius 2 is 1.72 bits per heavy atom. The number of hydrogen-bond donors (Lipinski definition) is 2. The van der Waals surface area contributed by atoms with Gasteiger partial charge in [0.25, 0.3) is 0 Å². The van der Waals surface area contributed by atoms with Gasteiger partial charge in [0, 0.05) is 29.4 Å². The van der Waals surface area contributed by atoms with E-state index in [4.69, 9.17) is 11.6 Å². The highest BCUT2D eigenvalue weighted by Gasteiger charge is 2.12. The average Bonchev–Trinajstić information content (AvgIpc) is 3.09. The van der Waals surface area contributed by atoms with Crippen molar-refractivity contribution < 1.29 is 9.18 Å². The molecule has 0 atom stereocenters. The van der Waals surface area contributed by atoms with E-state index in [1.807, 2.05) is 28.8 Å². The Labute approximate surface area is 172 Å². The van der Waals surface area contributed by atoms with E-state index >= 15 is 0 Å². The first-order valence-corrected chi connectivity index (χ1v) is 9.49. The van der Waals surface area contributed by atoms with Gasteiger partial charge in [-0.2, -0.15) is 0 Å². The molecule has 7 heteroatoms. The molecule has 0 saturated heterocycles. The SMILES string of the molecule is O=C(NCCn1c(-c2ccc(F)cc2)nc2ccccc21)Nc1ccc(Cl)cc1. The fourth-order valence-electron chi connectivity index (χ4n) is 3.11. The average molecular weight is 409 g/mol. The van der Waals surface area contributed by atoms with Crippen LogP contribution in [0.5, 0.6) is 0 Å². The Morgan fingerprint density at radius 1 is 1.00 bits per heavy atom. The molecule has 0 aliphatic heterocycles. The standard InChI is InChI=1S/C22H18ClFN4O/c23-16-7-11-18(12-8-16)26-22(29)25-13-14-28-20-4-2-1-3-19(20)27-21(28)15-5-9-17(24)10-6-15/h1-12H,13-14H2,(H2,25,26,29). The second-order valence-electron chi connectivity index (χ2n) is 6.47. The summed E-state index contributed by atoms with van der Waals surface area (Å²) < 4.78 is 15.3. The van der Waals surface area contributed by atoms with E-state index in [1.54, 1.807) is 36.4 Å². The largest absolute Gasteiger partial charge is 0.336 e. The molecule has 0 saturated carbocycles. The Kier molecular flexibility index (Phi) is 5.44. The summed E-state index contributed by atoms with van der Waals surface area (Å²) in [4.78, 5) is 16.8. The summed E-state index contributed by atoms with van der Waals surface area (Å²) in [5.74, 6) is 0.433. The second kappa shape index (κ2) is 8.32. The summed E-state index contributed by atoms with van der Waals surface area (Å²) in [6, 6.07) is 20.6. The minimum Gasteiger partial charge on any atom is -0.336 e. The van der Waals surface area contributed by atoms with Crippen LogP contribution in [-0.2, 0) is 6.54 Å². The number of aromatic nitrogens is 2. The number of carbonyl (C=O) groups is 1. The molecular weight excluding hydrogens is 391 g/mol. The number of nitrogens with one attached hydrogen (secondary N) is 2. The van der Waals surface area contributed by atoms with Crippen LogP contribution < -0.4 is 10.6 Å². The highest BCUT2D eigenvalue weighted by molar-refractivity contribution is 6.30. The summed E-state index contributed by atoms with van der Waals surface area (Å²) in [5.41, 5.74) is 3.27. The molecule has 0 aliphatic carbocycles. The lowest BCUT2D eigenvalue weighted by Gasteiger charge is -2.11. The van der Waals surface area contributed by atoms with E-state index in [1.165, 1.54) is 12.1 Å². The number of carbonyl (C=O) groups excluding carboxylic acids is 1. The molecule has 0 fully saturated rings. The third kappa shape index (κ3) is 4.38. The fraction of sp³-hybridized carbons (Fsp3) is 0.0909. The number of fused-ring (bicyclic) bond motifs is 1. The summed E-state index contributed by atoms with van der Waals surface area (Å²) in [5, 5.41) is 6.22. The maximum Gasteiger partial charge on any atom is 0.319 e. The molecule has 0 radical (unpaired) electrons. The number of benzene rings is 3. The number of para-hydroxylation sites is 2. The zero-order valence-corrected chi connectivity index (χ0v) is 16.2. The van der Waals surface area contributed by atoms with Gasteiger partial charge in [-0.25, -0.2) is 14.2 Å². The Hall–Kier alpha value is -3.38. The maximum atomic E-state index is 13.3. The third-order valence-electron chi connectivity index (χ3n) is 4.48. The molecule has 1 heterocycles. The van der Waals surface area contributed by atoms with E-state index in [9.17, 15) is 9.18 Å². The second-order valence-corrected chi connectivity index (χ2v) is 6.91. The van der Waals surface area contributed by atoms with Crippen molar-refractivity contribution in [3.8, 4) is 11.4 Å². The van der Waals surface area contributed by atoms with Crippen LogP contribution in [0, 0.1) is 5.82 Å². The normalized spacial score (nSPS) is 10.8. The van der Waals surface area contributed by atoms with Crippen LogP contribution in [0.4, 0.5) is 14.9 Å². The van der Waals surface area contributed by atoms with Crippen molar-refractivity contribution in [2.75, 3.05) is 11.9 Å². The van der Waals surface area contributed by atoms with E-state index in [0.29, 0.717) is 23.8 Å². The first kappa shape index (κ1) is 19.0. The monoisotopic (exact) mass is 408 g/mol. The van der Waals surface area contributed by atoms with Crippen LogP contribution in [-0.4, -0.2) is 22.1 Å². The lowest BCUT2D eigenvalue weighted by atomic mass is 10.2. The van der Waals surface area contributed by atoms with Gasteiger partial charge in [0.2, 0.25) is 0 Å². The van der Waals surface area contributed by atoms with Gasteiger partial charge in [0.1, 0.15) is 11.6 Å². The molecule has 0 aliphatic rings. The molecular formula is C22H18ClFN4O. The van der Waals surface area contributed by atoms with Gasteiger partial charge in [0.15, 0.2) is 0 Å². The van der Waals surface area contributed by atoms with Crippen LogP contribution in [0.1, 0.15) is 0 Å². The van der Waals surface area contributed by atoms with E-state index in [2.05, 4.69) is 15.6 Å². The van der Waals surface area contributed by atoms with Crippen molar-refractivity contribution in [2.24, 2.45) is 0 Å². The maximum absolute atomic E-state index is 13.3. The topological polar surface area (TPSA) is 59.0 Å². The van der Waals surface area contributed by atoms with Crippen LogP contribution >= 0.6 is 11.6 Å². The van der Waals surface area contributed by atoms with E-state index in [-0.39, 0.29) is 11.8 Å². The molecule has 4 rings (SSSR count). The van der Waals surface area contributed by atoms with Crippen molar-refractivity contribution >= 4 is 34.4 Å². The first-order valence-electron chi connectivity index (χ1n) is 9.12. The number of imidazole rings is 1. The molecule has 0 spiro atoms. The van der Waals surface area contributed by atoms with Gasteiger partial charge >= 0.3 is 6.03 Å². The predicted molar refractivity (Wildman–Crippen MR) is 114 cm³/mol. The molecule has 0 unspecified atom stereocenters. The first-order chi connectivity index (χ1) is 14.1. The summed E-state index contributed by atoms with van der Waals surface area (Å²) in [6.45, 7) is 0.912. The van der Waals surface area contributed by atoms with Gasteiger partial charge in [-0.15, -0.1) is 0 Å². The minimum atomic E-state index is -0.305. The Bertz CT molecular complexity index is 1140. The predicted octanol–water partition coefficient (Wildman–Crippen LogP) is 5.32. The van der Waals surface area contributed by atoms with Crippen LogP contribution in [0.25, 0.3) is 22.4 Å². The Morgan fingerprint density at radius 3 is 2.48 bits per heavy atom. The molecule has 2 amide bonds. The molecule has 5 nitrogen and oxygen atoms in total. The minimum absolute atomic E-state index is 0.294. The number of hydrogen-bond acceptors (Lipinski definition) is 2. The van der Waals surface area contributed by atoms with Gasteiger partial charge in [0.05, 0.1) is 11.0 Å². The van der Waals surface area contributed by atoms with Crippen LogP contribution in [0.15, 0.2) is 72.8 Å². The third-order valence-corrected chi connectivity index (χ3v) is 4.73. The van der Waals surface area contributed by atoms with Gasteiger partial charge in [-0.05, 0) is 60.7 Å². The number of amides is 2. The number of urea groups is 1. The highest BCUT2D eigenvalue weighted by Crippen LogP contribution is 2.24. The van der Waals surface area contributed by atoms with Gasteiger partial charge < -0.3 is 15.2 Å². The molecule has 1 aromatic heterocycles. The molecule has 0 bridgehead atoms. The molecule has 2 N–H and O–H groups in total. The molecule has 3 aromatic carbocycles. The summed E-state index contributed by atoms with van der Waals surface area (Å²) in [7, 11) is 0. The summed E-state index contributed by atoms with van der Waals surface area (Å²) >= 11 is 5.85. The van der Waals surface area contributed by atoms with E-state index < -0.39 is 0 Å². The molecule has 4 aromatic rings. The van der Waals surface area contributed by atoms with Crippen molar-refractivity contribution in [3.05, 3.63) is 83.6 Å². The van der Waals surface area contributed by atoms with E-state index in [0.717, 1.165) is 22.4 Å². The lowest BCUT2D eigenvalue weighted by Crippen LogP contribution is -2.31. The van der Waals surface area contributed by atoms with Crippen LogP contribution in [0.2, 0.25) is 5.02 Å². The number of halogens is 2. The van der Waals surface area contributed by atoms with Gasteiger partial charge in [-0.1, -0.05) is 23.7 Å². The van der Waals surface area contributed by atoms with Crippen LogP contribution in [0.3, 0.4) is 0 Å². The zero-order chi connectivity index (χ0) is 20.2. The number of nitrogens with zero attached hydrogens (tertiary/aromatic N) is 2. The smallest absolute Gasteiger partial charge is 0.319 e. The van der Waals surface area contributed by atoms with Crippen molar-refractivity contribution in [1.29, 1.82) is 0 Å². The highest BCUT2D eigenvalue weighted by atomic mass is 35.5. The number of anilines is 1. The van der Waals surface area contributed by atoms with Gasteiger partial charge in [-0.3, -0.25) is 0 Å². The number of rotatable bonds is 5.